The van der Waals surface area contributed by atoms with Gasteiger partial charge in [0.25, 0.3) is 21.5 Å². The summed E-state index contributed by atoms with van der Waals surface area (Å²) in [5.74, 6) is -2.16. The second-order valence-corrected chi connectivity index (χ2v) is 7.71. The molecule has 0 saturated heterocycles. The van der Waals surface area contributed by atoms with Crippen LogP contribution in [0.25, 0.3) is 11.0 Å². The zero-order chi connectivity index (χ0) is 21.9. The Kier molecular flexibility index (Phi) is 5.80. The summed E-state index contributed by atoms with van der Waals surface area (Å²) >= 11 is 0. The van der Waals surface area contributed by atoms with Crippen LogP contribution in [0.5, 0.6) is 5.75 Å². The van der Waals surface area contributed by atoms with Gasteiger partial charge in [0, 0.05) is 6.07 Å². The van der Waals surface area contributed by atoms with Crippen molar-refractivity contribution in [2.24, 2.45) is 0 Å². The van der Waals surface area contributed by atoms with Gasteiger partial charge in [-0.25, -0.2) is 18.2 Å². The van der Waals surface area contributed by atoms with Crippen molar-refractivity contribution in [1.82, 2.24) is 19.8 Å². The predicted octanol–water partition coefficient (Wildman–Crippen LogP) is 0.113. The first-order valence-corrected chi connectivity index (χ1v) is 9.87. The molecule has 1 heterocycles. The van der Waals surface area contributed by atoms with Gasteiger partial charge in [0.05, 0.1) is 34.8 Å². The number of fused-ring (bicyclic) bond motifs is 1. The summed E-state index contributed by atoms with van der Waals surface area (Å²) < 4.78 is 31.0. The first kappa shape index (κ1) is 21.0. The van der Waals surface area contributed by atoms with Crippen LogP contribution in [0.2, 0.25) is 0 Å². The van der Waals surface area contributed by atoms with Gasteiger partial charge >= 0.3 is 5.97 Å². The van der Waals surface area contributed by atoms with Crippen LogP contribution >= 0.6 is 0 Å². The van der Waals surface area contributed by atoms with Gasteiger partial charge in [0.15, 0.2) is 0 Å². The number of aromatic nitrogens is 2. The average molecular weight is 432 g/mol. The number of carbonyl (C=O) groups is 2. The molecule has 0 aliphatic carbocycles. The summed E-state index contributed by atoms with van der Waals surface area (Å²) in [7, 11) is -3.06. The Morgan fingerprint density at radius 1 is 1.20 bits per heavy atom. The van der Waals surface area contributed by atoms with E-state index in [4.69, 9.17) is 9.84 Å². The molecule has 1 amide bonds. The Hall–Kier alpha value is -3.77. The van der Waals surface area contributed by atoms with Crippen LogP contribution in [0.15, 0.2) is 58.4 Å². The van der Waals surface area contributed by atoms with Crippen LogP contribution in [-0.2, 0) is 21.4 Å². The van der Waals surface area contributed by atoms with E-state index < -0.39 is 38.9 Å². The number of amides is 1. The van der Waals surface area contributed by atoms with E-state index in [-0.39, 0.29) is 11.3 Å². The molecule has 3 aromatic rings. The zero-order valence-electron chi connectivity index (χ0n) is 15.5. The minimum Gasteiger partial charge on any atom is -0.497 e. The lowest BCUT2D eigenvalue weighted by atomic mass is 10.2. The van der Waals surface area contributed by atoms with Crippen LogP contribution in [-0.4, -0.2) is 42.1 Å². The van der Waals surface area contributed by atoms with E-state index in [1.807, 2.05) is 10.3 Å². The van der Waals surface area contributed by atoms with Crippen LogP contribution in [0.1, 0.15) is 10.4 Å². The third-order valence-corrected chi connectivity index (χ3v) is 5.28. The number of hydrazine groups is 1. The molecular formula is C18H16N4O7S. The van der Waals surface area contributed by atoms with Gasteiger partial charge in [0.1, 0.15) is 12.3 Å². The van der Waals surface area contributed by atoms with E-state index in [9.17, 15) is 22.8 Å². The molecule has 0 unspecified atom stereocenters. The summed E-state index contributed by atoms with van der Waals surface area (Å²) in [4.78, 5) is 40.9. The molecule has 3 N–H and O–H groups in total. The maximum Gasteiger partial charge on any atom is 0.335 e. The number of carboxylic acids is 1. The number of rotatable bonds is 7. The minimum absolute atomic E-state index is 0.0106. The SMILES string of the molecule is COc1cc(C(=O)O)cc(S(=O)(=O)NNC(=O)Cn2c(=O)cnc3ccccc32)c1. The van der Waals surface area contributed by atoms with Crippen molar-refractivity contribution in [2.45, 2.75) is 11.4 Å². The molecule has 0 bridgehead atoms. The van der Waals surface area contributed by atoms with Crippen molar-refractivity contribution in [3.05, 3.63) is 64.6 Å². The highest BCUT2D eigenvalue weighted by molar-refractivity contribution is 7.89. The molecule has 0 saturated carbocycles. The monoisotopic (exact) mass is 432 g/mol. The highest BCUT2D eigenvalue weighted by Crippen LogP contribution is 2.20. The normalized spacial score (nSPS) is 11.2. The Labute approximate surface area is 170 Å². The highest BCUT2D eigenvalue weighted by atomic mass is 32.2. The number of methoxy groups -OCH3 is 1. The molecule has 0 aliphatic rings. The van der Waals surface area contributed by atoms with Crippen LogP contribution in [0.3, 0.4) is 0 Å². The molecule has 0 aliphatic heterocycles. The van der Waals surface area contributed by atoms with Crippen LogP contribution in [0.4, 0.5) is 0 Å². The maximum atomic E-state index is 12.5. The van der Waals surface area contributed by atoms with Crippen LogP contribution in [0, 0.1) is 0 Å². The fraction of sp³-hybridized carbons (Fsp3) is 0.111. The smallest absolute Gasteiger partial charge is 0.335 e. The van der Waals surface area contributed by atoms with Gasteiger partial charge in [-0.15, -0.1) is 4.83 Å². The van der Waals surface area contributed by atoms with Crippen molar-refractivity contribution in [2.75, 3.05) is 7.11 Å². The first-order chi connectivity index (χ1) is 14.2. The first-order valence-electron chi connectivity index (χ1n) is 8.39. The quantitative estimate of drug-likeness (QED) is 0.444. The topological polar surface area (TPSA) is 157 Å². The number of carbonyl (C=O) groups excluding carboxylic acids is 1. The number of hydrogen-bond donors (Lipinski definition) is 3. The molecule has 3 rings (SSSR count). The lowest BCUT2D eigenvalue weighted by molar-refractivity contribution is -0.122. The van der Waals surface area contributed by atoms with E-state index in [1.165, 1.54) is 7.11 Å². The third kappa shape index (κ3) is 4.45. The Balaban J connectivity index is 1.80. The number of carboxylic acid groups (broad SMARTS) is 1. The summed E-state index contributed by atoms with van der Waals surface area (Å²) in [6.45, 7) is -0.469. The molecule has 12 heteroatoms. The number of para-hydroxylation sites is 2. The lowest BCUT2D eigenvalue weighted by Crippen LogP contribution is -2.44. The minimum atomic E-state index is -4.31. The number of aromatic carboxylic acids is 1. The standard InChI is InChI=1S/C18H16N4O7S/c1-29-12-6-11(18(25)26)7-13(8-12)30(27,28)21-20-16(23)10-22-15-5-3-2-4-14(15)19-9-17(22)24/h2-9,21H,10H2,1H3,(H,20,23)(H,25,26). The number of nitrogens with zero attached hydrogens (tertiary/aromatic N) is 2. The molecule has 0 radical (unpaired) electrons. The molecule has 0 spiro atoms. The Morgan fingerprint density at radius 3 is 2.63 bits per heavy atom. The molecule has 1 aromatic heterocycles. The van der Waals surface area contributed by atoms with E-state index in [1.54, 1.807) is 24.3 Å². The van der Waals surface area contributed by atoms with Gasteiger partial charge in [-0.1, -0.05) is 12.1 Å². The van der Waals surface area contributed by atoms with Crippen molar-refractivity contribution in [3.8, 4) is 5.75 Å². The van der Waals surface area contributed by atoms with E-state index in [0.717, 1.165) is 29.0 Å². The molecule has 0 fully saturated rings. The Morgan fingerprint density at radius 2 is 1.93 bits per heavy atom. The van der Waals surface area contributed by atoms with E-state index in [2.05, 4.69) is 4.98 Å². The highest BCUT2D eigenvalue weighted by Gasteiger charge is 2.19. The fourth-order valence-corrected chi connectivity index (χ4v) is 3.53. The molecule has 0 atom stereocenters. The van der Waals surface area contributed by atoms with Gasteiger partial charge < -0.3 is 9.84 Å². The molecule has 156 valence electrons. The summed E-state index contributed by atoms with van der Waals surface area (Å²) in [5, 5.41) is 9.11. The average Bonchev–Trinajstić information content (AvgIpc) is 2.74. The summed E-state index contributed by atoms with van der Waals surface area (Å²) in [6, 6.07) is 9.82. The number of ether oxygens (including phenoxy) is 1. The number of benzene rings is 2. The largest absolute Gasteiger partial charge is 0.497 e. The van der Waals surface area contributed by atoms with Gasteiger partial charge in [-0.2, -0.15) is 0 Å². The fourth-order valence-electron chi connectivity index (χ4n) is 2.61. The van der Waals surface area contributed by atoms with Crippen molar-refractivity contribution >= 4 is 32.9 Å². The molecule has 11 nitrogen and oxygen atoms in total. The third-order valence-electron chi connectivity index (χ3n) is 4.05. The number of sulfonamides is 1. The van der Waals surface area contributed by atoms with Crippen molar-refractivity contribution in [3.63, 3.8) is 0 Å². The second-order valence-electron chi connectivity index (χ2n) is 6.03. The lowest BCUT2D eigenvalue weighted by Gasteiger charge is -2.12. The van der Waals surface area contributed by atoms with E-state index in [0.29, 0.717) is 11.0 Å². The van der Waals surface area contributed by atoms with Gasteiger partial charge in [-0.05, 0) is 24.3 Å². The van der Waals surface area contributed by atoms with E-state index >= 15 is 0 Å². The molecule has 30 heavy (non-hydrogen) atoms. The van der Waals surface area contributed by atoms with Crippen molar-refractivity contribution in [1.29, 1.82) is 0 Å². The number of nitrogens with one attached hydrogen (secondary N) is 2. The predicted molar refractivity (Wildman–Crippen MR) is 104 cm³/mol. The zero-order valence-corrected chi connectivity index (χ0v) is 16.3. The summed E-state index contributed by atoms with van der Waals surface area (Å²) in [5.41, 5.74) is 2.05. The molecular weight excluding hydrogens is 416 g/mol. The van der Waals surface area contributed by atoms with Gasteiger partial charge in [0.2, 0.25) is 0 Å². The maximum absolute atomic E-state index is 12.5. The summed E-state index contributed by atoms with van der Waals surface area (Å²) in [6.07, 6.45) is 1.06. The molecule has 2 aromatic carbocycles. The van der Waals surface area contributed by atoms with Crippen molar-refractivity contribution < 1.29 is 27.9 Å². The number of hydrogen-bond acceptors (Lipinski definition) is 7. The second kappa shape index (κ2) is 8.31. The van der Waals surface area contributed by atoms with Gasteiger partial charge in [-0.3, -0.25) is 19.6 Å². The Bertz CT molecular complexity index is 1300. The van der Waals surface area contributed by atoms with Crippen LogP contribution < -0.4 is 20.6 Å².